The van der Waals surface area contributed by atoms with Crippen LogP contribution in [-0.2, 0) is 4.79 Å². The topological polar surface area (TPSA) is 63.6 Å². The molecule has 2 aliphatic rings. The van der Waals surface area contributed by atoms with Crippen LogP contribution in [0.25, 0.3) is 0 Å². The number of Topliss-reactive ketones (excluding diaryl/α,β-unsaturated/α-hetero) is 1. The van der Waals surface area contributed by atoms with Gasteiger partial charge >= 0.3 is 5.97 Å². The molecule has 1 N–H and O–H groups in total. The van der Waals surface area contributed by atoms with Crippen molar-refractivity contribution in [2.75, 3.05) is 12.4 Å². The van der Waals surface area contributed by atoms with E-state index in [9.17, 15) is 9.59 Å². The van der Waals surface area contributed by atoms with Crippen molar-refractivity contribution >= 4 is 23.5 Å². The average molecular weight is 264 g/mol. The molecule has 1 aliphatic heterocycles. The number of hydrogen-bond acceptors (Lipinski definition) is 4. The van der Waals surface area contributed by atoms with Crippen molar-refractivity contribution in [2.45, 2.75) is 11.3 Å². The van der Waals surface area contributed by atoms with Gasteiger partial charge in [0, 0.05) is 17.2 Å². The van der Waals surface area contributed by atoms with Gasteiger partial charge in [0.1, 0.15) is 5.75 Å². The van der Waals surface area contributed by atoms with E-state index in [0.29, 0.717) is 18.6 Å². The average Bonchev–Trinajstić information content (AvgIpc) is 3.17. The fraction of sp³-hybridized carbons (Fsp3) is 0.385. The highest BCUT2D eigenvalue weighted by atomic mass is 32.2. The van der Waals surface area contributed by atoms with Crippen molar-refractivity contribution < 1.29 is 19.4 Å². The van der Waals surface area contributed by atoms with Gasteiger partial charge in [0.15, 0.2) is 5.78 Å². The molecule has 1 aromatic rings. The summed E-state index contributed by atoms with van der Waals surface area (Å²) in [5.74, 6) is -0.0625. The summed E-state index contributed by atoms with van der Waals surface area (Å²) in [5, 5.41) is 8.84. The molecule has 1 aliphatic carbocycles. The van der Waals surface area contributed by atoms with E-state index >= 15 is 0 Å². The van der Waals surface area contributed by atoms with Crippen LogP contribution in [0.4, 0.5) is 0 Å². The predicted octanol–water partition coefficient (Wildman–Crippen LogP) is 2.07. The highest BCUT2D eigenvalue weighted by molar-refractivity contribution is 7.99. The van der Waals surface area contributed by atoms with Crippen LogP contribution < -0.4 is 4.74 Å². The Morgan fingerprint density at radius 3 is 2.89 bits per heavy atom. The molecule has 1 fully saturated rings. The zero-order valence-electron chi connectivity index (χ0n) is 9.59. The number of carbonyl (C=O) groups excluding carboxylic acids is 1. The monoisotopic (exact) mass is 264 g/mol. The van der Waals surface area contributed by atoms with Gasteiger partial charge in [-0.15, -0.1) is 11.8 Å². The molecule has 0 aromatic heterocycles. The standard InChI is InChI=1S/C13H12O4S/c14-12(8-6-9(8)13(15)16)7-1-2-10-11(5-7)18-4-3-17-10/h1-2,5,8-9H,3-4,6H2,(H,15,16)/t8?,9-/m0/s1. The van der Waals surface area contributed by atoms with Crippen molar-refractivity contribution in [3.63, 3.8) is 0 Å². The van der Waals surface area contributed by atoms with E-state index in [2.05, 4.69) is 0 Å². The molecule has 0 radical (unpaired) electrons. The summed E-state index contributed by atoms with van der Waals surface area (Å²) in [6, 6.07) is 5.34. The normalized spacial score (nSPS) is 24.9. The maximum atomic E-state index is 12.1. The SMILES string of the molecule is O=C(c1ccc2c(c1)SCCO2)C1C[C@@H]1C(=O)O. The molecule has 0 amide bonds. The molecule has 2 atom stereocenters. The van der Waals surface area contributed by atoms with Gasteiger partial charge in [0.2, 0.25) is 0 Å². The summed E-state index contributed by atoms with van der Waals surface area (Å²) >= 11 is 1.67. The van der Waals surface area contributed by atoms with Gasteiger partial charge in [-0.05, 0) is 24.6 Å². The third-order valence-electron chi connectivity index (χ3n) is 3.27. The molecule has 1 unspecified atom stereocenters. The van der Waals surface area contributed by atoms with E-state index < -0.39 is 11.9 Å². The molecule has 0 bridgehead atoms. The van der Waals surface area contributed by atoms with Crippen molar-refractivity contribution in [3.8, 4) is 5.75 Å². The van der Waals surface area contributed by atoms with Crippen LogP contribution in [0.1, 0.15) is 16.8 Å². The Balaban J connectivity index is 1.81. The van der Waals surface area contributed by atoms with Gasteiger partial charge < -0.3 is 9.84 Å². The summed E-state index contributed by atoms with van der Waals surface area (Å²) in [5.41, 5.74) is 0.598. The first kappa shape index (κ1) is 11.6. The first-order chi connectivity index (χ1) is 8.66. The number of hydrogen-bond donors (Lipinski definition) is 1. The van der Waals surface area contributed by atoms with Crippen LogP contribution in [0.3, 0.4) is 0 Å². The molecular weight excluding hydrogens is 252 g/mol. The summed E-state index contributed by atoms with van der Waals surface area (Å²) in [7, 11) is 0. The van der Waals surface area contributed by atoms with Gasteiger partial charge in [-0.25, -0.2) is 0 Å². The fourth-order valence-corrected chi connectivity index (χ4v) is 3.03. The van der Waals surface area contributed by atoms with Crippen molar-refractivity contribution in [2.24, 2.45) is 11.8 Å². The number of aliphatic carboxylic acids is 1. The summed E-state index contributed by atoms with van der Waals surface area (Å²) < 4.78 is 5.47. The first-order valence-corrected chi connectivity index (χ1v) is 6.82. The molecular formula is C13H12O4S. The van der Waals surface area contributed by atoms with Gasteiger partial charge in [-0.2, -0.15) is 0 Å². The quantitative estimate of drug-likeness (QED) is 0.847. The second-order valence-corrected chi connectivity index (χ2v) is 5.65. The number of ketones is 1. The molecule has 0 spiro atoms. The zero-order chi connectivity index (χ0) is 12.7. The van der Waals surface area contributed by atoms with E-state index in [0.717, 1.165) is 16.4 Å². The molecule has 94 valence electrons. The van der Waals surface area contributed by atoms with Gasteiger partial charge in [0.05, 0.1) is 17.4 Å². The first-order valence-electron chi connectivity index (χ1n) is 5.83. The lowest BCUT2D eigenvalue weighted by molar-refractivity contribution is -0.138. The van der Waals surface area contributed by atoms with Gasteiger partial charge in [-0.1, -0.05) is 0 Å². The Morgan fingerprint density at radius 2 is 2.17 bits per heavy atom. The lowest BCUT2D eigenvalue weighted by atomic mass is 10.1. The van der Waals surface area contributed by atoms with E-state index in [1.807, 2.05) is 6.07 Å². The lowest BCUT2D eigenvalue weighted by Gasteiger charge is -2.17. The number of rotatable bonds is 3. The number of carboxylic acid groups (broad SMARTS) is 1. The molecule has 1 heterocycles. The number of carbonyl (C=O) groups is 2. The van der Waals surface area contributed by atoms with Crippen LogP contribution in [0.5, 0.6) is 5.75 Å². The second kappa shape index (κ2) is 4.31. The number of ether oxygens (including phenoxy) is 1. The summed E-state index contributed by atoms with van der Waals surface area (Å²) in [4.78, 5) is 23.8. The minimum absolute atomic E-state index is 0.0589. The third kappa shape index (κ3) is 1.99. The van der Waals surface area contributed by atoms with Crippen molar-refractivity contribution in [3.05, 3.63) is 23.8 Å². The van der Waals surface area contributed by atoms with E-state index in [1.165, 1.54) is 0 Å². The van der Waals surface area contributed by atoms with Crippen LogP contribution in [0, 0.1) is 11.8 Å². The second-order valence-electron chi connectivity index (χ2n) is 4.51. The largest absolute Gasteiger partial charge is 0.492 e. The highest BCUT2D eigenvalue weighted by Crippen LogP contribution is 2.42. The van der Waals surface area contributed by atoms with Gasteiger partial charge in [-0.3, -0.25) is 9.59 Å². The Hall–Kier alpha value is -1.49. The molecule has 18 heavy (non-hydrogen) atoms. The Morgan fingerprint density at radius 1 is 1.33 bits per heavy atom. The van der Waals surface area contributed by atoms with E-state index in [-0.39, 0.29) is 11.7 Å². The van der Waals surface area contributed by atoms with Crippen molar-refractivity contribution in [1.82, 2.24) is 0 Å². The van der Waals surface area contributed by atoms with Crippen molar-refractivity contribution in [1.29, 1.82) is 0 Å². The number of thioether (sulfide) groups is 1. The maximum absolute atomic E-state index is 12.1. The third-order valence-corrected chi connectivity index (χ3v) is 4.27. The smallest absolute Gasteiger partial charge is 0.307 e. The molecule has 3 rings (SSSR count). The summed E-state index contributed by atoms with van der Waals surface area (Å²) in [6.07, 6.45) is 0.467. The Bertz CT molecular complexity index is 526. The van der Waals surface area contributed by atoms with Crippen LogP contribution in [0.15, 0.2) is 23.1 Å². The molecule has 4 nitrogen and oxygen atoms in total. The Labute approximate surface area is 108 Å². The molecule has 5 heteroatoms. The minimum atomic E-state index is -0.871. The lowest BCUT2D eigenvalue weighted by Crippen LogP contribution is -2.10. The Kier molecular flexibility index (Phi) is 2.78. The van der Waals surface area contributed by atoms with Gasteiger partial charge in [0.25, 0.3) is 0 Å². The van der Waals surface area contributed by atoms with E-state index in [4.69, 9.17) is 9.84 Å². The van der Waals surface area contributed by atoms with Crippen LogP contribution in [0.2, 0.25) is 0 Å². The highest BCUT2D eigenvalue weighted by Gasteiger charge is 2.48. The minimum Gasteiger partial charge on any atom is -0.492 e. The maximum Gasteiger partial charge on any atom is 0.307 e. The fourth-order valence-electron chi connectivity index (χ4n) is 2.17. The number of carboxylic acids is 1. The van der Waals surface area contributed by atoms with E-state index in [1.54, 1.807) is 23.9 Å². The van der Waals surface area contributed by atoms with Crippen LogP contribution >= 0.6 is 11.8 Å². The molecule has 0 saturated heterocycles. The molecule has 1 saturated carbocycles. The predicted molar refractivity (Wildman–Crippen MR) is 66.2 cm³/mol. The number of fused-ring (bicyclic) bond motifs is 1. The van der Waals surface area contributed by atoms with Crippen LogP contribution in [-0.4, -0.2) is 29.2 Å². The zero-order valence-corrected chi connectivity index (χ0v) is 10.4. The summed E-state index contributed by atoms with van der Waals surface area (Å²) in [6.45, 7) is 0.689. The number of benzene rings is 1. The molecule has 1 aromatic carbocycles.